The van der Waals surface area contributed by atoms with E-state index in [9.17, 15) is 4.79 Å². The van der Waals surface area contributed by atoms with Gasteiger partial charge in [0.25, 0.3) is 0 Å². The number of carbonyl (C=O) groups excluding carboxylic acids is 1. The molecule has 1 amide bonds. The smallest absolute Gasteiger partial charge is 0.248 e. The Morgan fingerprint density at radius 3 is 2.41 bits per heavy atom. The van der Waals surface area contributed by atoms with Crippen LogP contribution >= 0.6 is 0 Å². The topological polar surface area (TPSA) is 85.4 Å². The normalized spacial score (nSPS) is 12.4. The van der Waals surface area contributed by atoms with Crippen LogP contribution in [0, 0.1) is 0 Å². The Bertz CT molecular complexity index is 1320. The quantitative estimate of drug-likeness (QED) is 0.387. The standard InChI is InChI=1S/C27H22N4O3/c32-27(13-7-19-6-12-24-25(16-19)34-15-14-33-24)31-22-10-8-21(9-11-22)30-26-17-23(28-18-29-26)20-4-2-1-3-5-20/h1-13,16-18H,14-15H2,(H,31,32)(H,28,29,30)/b13-7-. The highest BCUT2D eigenvalue weighted by molar-refractivity contribution is 6.02. The van der Waals surface area contributed by atoms with E-state index < -0.39 is 0 Å². The largest absolute Gasteiger partial charge is 0.486 e. The van der Waals surface area contributed by atoms with Crippen molar-refractivity contribution in [1.82, 2.24) is 9.97 Å². The van der Waals surface area contributed by atoms with Gasteiger partial charge in [-0.2, -0.15) is 0 Å². The molecule has 34 heavy (non-hydrogen) atoms. The van der Waals surface area contributed by atoms with E-state index in [2.05, 4.69) is 20.6 Å². The maximum Gasteiger partial charge on any atom is 0.248 e. The Morgan fingerprint density at radius 1 is 0.824 bits per heavy atom. The maximum atomic E-state index is 12.3. The van der Waals surface area contributed by atoms with E-state index in [-0.39, 0.29) is 5.91 Å². The molecule has 0 fully saturated rings. The van der Waals surface area contributed by atoms with E-state index in [4.69, 9.17) is 9.47 Å². The van der Waals surface area contributed by atoms with Crippen molar-refractivity contribution in [3.8, 4) is 22.8 Å². The molecule has 0 aliphatic carbocycles. The lowest BCUT2D eigenvalue weighted by Crippen LogP contribution is -2.15. The maximum absolute atomic E-state index is 12.3. The zero-order valence-electron chi connectivity index (χ0n) is 18.3. The number of hydrogen-bond donors (Lipinski definition) is 2. The lowest BCUT2D eigenvalue weighted by atomic mass is 10.1. The molecule has 0 radical (unpaired) electrons. The van der Waals surface area contributed by atoms with Crippen LogP contribution in [0.3, 0.4) is 0 Å². The minimum Gasteiger partial charge on any atom is -0.486 e. The lowest BCUT2D eigenvalue weighted by Gasteiger charge is -2.18. The van der Waals surface area contributed by atoms with Gasteiger partial charge in [-0.25, -0.2) is 9.97 Å². The third-order valence-corrected chi connectivity index (χ3v) is 5.15. The summed E-state index contributed by atoms with van der Waals surface area (Å²) in [5.74, 6) is 1.88. The molecule has 3 aromatic carbocycles. The van der Waals surface area contributed by atoms with Crippen LogP contribution in [0.25, 0.3) is 17.3 Å². The summed E-state index contributed by atoms with van der Waals surface area (Å²) in [6.07, 6.45) is 4.76. The summed E-state index contributed by atoms with van der Waals surface area (Å²) in [6, 6.07) is 24.8. The van der Waals surface area contributed by atoms with Crippen LogP contribution in [0.4, 0.5) is 17.2 Å². The van der Waals surface area contributed by atoms with Gasteiger partial charge in [-0.3, -0.25) is 4.79 Å². The molecule has 4 aromatic rings. The van der Waals surface area contributed by atoms with E-state index in [0.717, 1.165) is 28.3 Å². The predicted molar refractivity (Wildman–Crippen MR) is 132 cm³/mol. The SMILES string of the molecule is O=C(/C=C\c1ccc2c(c1)OCCO2)Nc1ccc(Nc2cc(-c3ccccc3)ncn2)cc1. The van der Waals surface area contributed by atoms with Crippen molar-refractivity contribution >= 4 is 29.2 Å². The van der Waals surface area contributed by atoms with E-state index in [1.165, 1.54) is 12.4 Å². The van der Waals surface area contributed by atoms with Gasteiger partial charge in [0.05, 0.1) is 5.69 Å². The number of anilines is 3. The first-order valence-corrected chi connectivity index (χ1v) is 10.9. The molecule has 0 atom stereocenters. The molecule has 0 spiro atoms. The summed E-state index contributed by atoms with van der Waals surface area (Å²) in [5.41, 5.74) is 4.26. The van der Waals surface area contributed by atoms with Gasteiger partial charge in [0.15, 0.2) is 11.5 Å². The fraction of sp³-hybridized carbons (Fsp3) is 0.0741. The van der Waals surface area contributed by atoms with Gasteiger partial charge in [-0.1, -0.05) is 36.4 Å². The summed E-state index contributed by atoms with van der Waals surface area (Å²) in [4.78, 5) is 21.0. The van der Waals surface area contributed by atoms with Gasteiger partial charge in [0.2, 0.25) is 5.91 Å². The zero-order valence-corrected chi connectivity index (χ0v) is 18.3. The number of hydrogen-bond acceptors (Lipinski definition) is 6. The Balaban J connectivity index is 1.19. The van der Waals surface area contributed by atoms with Crippen LogP contribution in [-0.2, 0) is 4.79 Å². The van der Waals surface area contributed by atoms with Gasteiger partial charge < -0.3 is 20.1 Å². The first-order valence-electron chi connectivity index (χ1n) is 10.9. The van der Waals surface area contributed by atoms with E-state index in [0.29, 0.717) is 30.5 Å². The molecule has 2 heterocycles. The fourth-order valence-corrected chi connectivity index (χ4v) is 3.50. The van der Waals surface area contributed by atoms with Crippen molar-refractivity contribution in [1.29, 1.82) is 0 Å². The molecule has 7 heteroatoms. The summed E-state index contributed by atoms with van der Waals surface area (Å²) in [7, 11) is 0. The summed E-state index contributed by atoms with van der Waals surface area (Å²) < 4.78 is 11.1. The summed E-state index contributed by atoms with van der Waals surface area (Å²) in [6.45, 7) is 1.07. The third kappa shape index (κ3) is 5.21. The number of benzene rings is 3. The number of carbonyl (C=O) groups is 1. The summed E-state index contributed by atoms with van der Waals surface area (Å²) in [5, 5.41) is 6.13. The molecular weight excluding hydrogens is 428 g/mol. The molecule has 2 N–H and O–H groups in total. The molecule has 1 aromatic heterocycles. The molecule has 0 saturated heterocycles. The van der Waals surface area contributed by atoms with Gasteiger partial charge in [-0.05, 0) is 48.0 Å². The molecule has 168 valence electrons. The van der Waals surface area contributed by atoms with Crippen molar-refractivity contribution in [2.45, 2.75) is 0 Å². The van der Waals surface area contributed by atoms with Crippen molar-refractivity contribution in [3.05, 3.63) is 96.8 Å². The Labute approximate surface area is 197 Å². The molecule has 0 unspecified atom stereocenters. The Hall–Kier alpha value is -4.65. The van der Waals surface area contributed by atoms with Crippen molar-refractivity contribution in [2.75, 3.05) is 23.8 Å². The average Bonchev–Trinajstić information content (AvgIpc) is 2.89. The number of amides is 1. The second-order valence-corrected chi connectivity index (χ2v) is 7.58. The fourth-order valence-electron chi connectivity index (χ4n) is 3.50. The van der Waals surface area contributed by atoms with Crippen LogP contribution in [0.2, 0.25) is 0 Å². The van der Waals surface area contributed by atoms with Gasteiger partial charge in [0, 0.05) is 29.1 Å². The number of nitrogens with zero attached hydrogens (tertiary/aromatic N) is 2. The zero-order chi connectivity index (χ0) is 23.2. The van der Waals surface area contributed by atoms with E-state index >= 15 is 0 Å². The minimum atomic E-state index is -0.223. The first kappa shape index (κ1) is 21.2. The number of rotatable bonds is 6. The van der Waals surface area contributed by atoms with Crippen molar-refractivity contribution in [3.63, 3.8) is 0 Å². The molecule has 7 nitrogen and oxygen atoms in total. The number of nitrogens with one attached hydrogen (secondary N) is 2. The molecule has 1 aliphatic heterocycles. The minimum absolute atomic E-state index is 0.223. The Morgan fingerprint density at radius 2 is 1.59 bits per heavy atom. The Kier molecular flexibility index (Phi) is 6.16. The first-order chi connectivity index (χ1) is 16.7. The molecule has 1 aliphatic rings. The lowest BCUT2D eigenvalue weighted by molar-refractivity contribution is -0.111. The number of fused-ring (bicyclic) bond motifs is 1. The van der Waals surface area contributed by atoms with Crippen molar-refractivity contribution in [2.24, 2.45) is 0 Å². The second-order valence-electron chi connectivity index (χ2n) is 7.58. The van der Waals surface area contributed by atoms with Gasteiger partial charge in [0.1, 0.15) is 25.4 Å². The van der Waals surface area contributed by atoms with Crippen LogP contribution in [0.15, 0.2) is 91.3 Å². The van der Waals surface area contributed by atoms with E-state index in [1.807, 2.05) is 78.9 Å². The number of ether oxygens (including phenoxy) is 2. The average molecular weight is 450 g/mol. The van der Waals surface area contributed by atoms with Gasteiger partial charge >= 0.3 is 0 Å². The highest BCUT2D eigenvalue weighted by Crippen LogP contribution is 2.31. The van der Waals surface area contributed by atoms with Gasteiger partial charge in [-0.15, -0.1) is 0 Å². The summed E-state index contributed by atoms with van der Waals surface area (Å²) >= 11 is 0. The molecule has 0 bridgehead atoms. The van der Waals surface area contributed by atoms with Crippen molar-refractivity contribution < 1.29 is 14.3 Å². The van der Waals surface area contributed by atoms with Crippen LogP contribution in [0.1, 0.15) is 5.56 Å². The number of aromatic nitrogens is 2. The monoisotopic (exact) mass is 450 g/mol. The highest BCUT2D eigenvalue weighted by atomic mass is 16.6. The second kappa shape index (κ2) is 9.87. The van der Waals surface area contributed by atoms with Crippen LogP contribution < -0.4 is 20.1 Å². The highest BCUT2D eigenvalue weighted by Gasteiger charge is 2.11. The van der Waals surface area contributed by atoms with Crippen LogP contribution in [0.5, 0.6) is 11.5 Å². The van der Waals surface area contributed by atoms with Crippen LogP contribution in [-0.4, -0.2) is 29.1 Å². The molecule has 5 rings (SSSR count). The van der Waals surface area contributed by atoms with E-state index in [1.54, 1.807) is 6.08 Å². The predicted octanol–water partition coefficient (Wildman–Crippen LogP) is 5.31. The third-order valence-electron chi connectivity index (χ3n) is 5.15. The molecule has 0 saturated carbocycles. The molecular formula is C27H22N4O3.